The second-order valence-corrected chi connectivity index (χ2v) is 8.81. The van der Waals surface area contributed by atoms with Crippen LogP contribution in [0.5, 0.6) is 0 Å². The summed E-state index contributed by atoms with van der Waals surface area (Å²) >= 11 is 0. The van der Waals surface area contributed by atoms with Gasteiger partial charge in [0.2, 0.25) is 0 Å². The molecule has 0 aliphatic carbocycles. The SMILES string of the molecule is Cc1ccc(-c2ccoc2C(=O)NC2CCN(CCCc3ccccc3NC(=O)O)CC2)cc1. The van der Waals surface area contributed by atoms with Crippen molar-refractivity contribution in [1.82, 2.24) is 10.2 Å². The van der Waals surface area contributed by atoms with Crippen molar-refractivity contribution in [3.63, 3.8) is 0 Å². The minimum Gasteiger partial charge on any atom is -0.465 e. The molecule has 7 heteroatoms. The molecule has 0 spiro atoms. The van der Waals surface area contributed by atoms with Gasteiger partial charge in [-0.15, -0.1) is 0 Å². The molecule has 1 aromatic heterocycles. The average molecular weight is 462 g/mol. The predicted molar refractivity (Wildman–Crippen MR) is 132 cm³/mol. The zero-order valence-corrected chi connectivity index (χ0v) is 19.4. The van der Waals surface area contributed by atoms with Gasteiger partial charge in [-0.3, -0.25) is 10.1 Å². The molecule has 0 unspecified atom stereocenters. The number of nitrogens with one attached hydrogen (secondary N) is 2. The maximum atomic E-state index is 12.9. The lowest BCUT2D eigenvalue weighted by atomic mass is 10.0. The number of carbonyl (C=O) groups is 2. The van der Waals surface area contributed by atoms with Crippen LogP contribution in [0.15, 0.2) is 65.3 Å². The van der Waals surface area contributed by atoms with E-state index in [1.807, 2.05) is 55.5 Å². The number of amides is 2. The number of hydrogen-bond donors (Lipinski definition) is 3. The second-order valence-electron chi connectivity index (χ2n) is 8.81. The minimum absolute atomic E-state index is 0.125. The third-order valence-corrected chi connectivity index (χ3v) is 6.34. The Hall–Kier alpha value is -3.58. The lowest BCUT2D eigenvalue weighted by Crippen LogP contribution is -2.44. The molecule has 7 nitrogen and oxygen atoms in total. The third kappa shape index (κ3) is 6.05. The van der Waals surface area contributed by atoms with Crippen LogP contribution in [0, 0.1) is 6.92 Å². The minimum atomic E-state index is -1.04. The van der Waals surface area contributed by atoms with Gasteiger partial charge in [-0.05, 0) is 62.4 Å². The van der Waals surface area contributed by atoms with Gasteiger partial charge in [0, 0.05) is 30.4 Å². The highest BCUT2D eigenvalue weighted by atomic mass is 16.4. The molecule has 1 aliphatic heterocycles. The largest absolute Gasteiger partial charge is 0.465 e. The van der Waals surface area contributed by atoms with Crippen molar-refractivity contribution < 1.29 is 19.1 Å². The van der Waals surface area contributed by atoms with E-state index in [-0.39, 0.29) is 11.9 Å². The molecule has 0 radical (unpaired) electrons. The summed E-state index contributed by atoms with van der Waals surface area (Å²) in [6, 6.07) is 17.6. The number of furan rings is 1. The summed E-state index contributed by atoms with van der Waals surface area (Å²) in [4.78, 5) is 26.3. The standard InChI is InChI=1S/C27H31N3O4/c1-19-8-10-20(11-9-19)23-14-18-34-25(23)26(31)28-22-12-16-30(17-13-22)15-4-6-21-5-2-3-7-24(21)29-27(32)33/h2-3,5,7-11,14,18,22,29H,4,6,12-13,15-17H2,1H3,(H,28,31)(H,32,33). The fourth-order valence-electron chi connectivity index (χ4n) is 4.47. The van der Waals surface area contributed by atoms with Crippen LogP contribution in [0.2, 0.25) is 0 Å². The first-order chi connectivity index (χ1) is 16.5. The number of para-hydroxylation sites is 1. The Morgan fingerprint density at radius 1 is 1.06 bits per heavy atom. The van der Waals surface area contributed by atoms with E-state index in [0.717, 1.165) is 62.0 Å². The highest BCUT2D eigenvalue weighted by Gasteiger charge is 2.24. The molecule has 1 aliphatic rings. The fraction of sp³-hybridized carbons (Fsp3) is 0.333. The normalized spacial score (nSPS) is 14.6. The topological polar surface area (TPSA) is 94.8 Å². The molecule has 0 atom stereocenters. The van der Waals surface area contributed by atoms with Crippen LogP contribution in [0.25, 0.3) is 11.1 Å². The first-order valence-electron chi connectivity index (χ1n) is 11.7. The maximum absolute atomic E-state index is 12.9. The lowest BCUT2D eigenvalue weighted by molar-refractivity contribution is 0.0883. The summed E-state index contributed by atoms with van der Waals surface area (Å²) < 4.78 is 5.54. The summed E-state index contributed by atoms with van der Waals surface area (Å²) in [6.07, 6.45) is 4.07. The van der Waals surface area contributed by atoms with Crippen molar-refractivity contribution >= 4 is 17.7 Å². The Bertz CT molecular complexity index is 1110. The average Bonchev–Trinajstić information content (AvgIpc) is 3.32. The first-order valence-corrected chi connectivity index (χ1v) is 11.7. The number of nitrogens with zero attached hydrogens (tertiary/aromatic N) is 1. The number of hydrogen-bond acceptors (Lipinski definition) is 4. The quantitative estimate of drug-likeness (QED) is 0.430. The molecule has 1 saturated heterocycles. The van der Waals surface area contributed by atoms with Crippen LogP contribution in [0.4, 0.5) is 10.5 Å². The second kappa shape index (κ2) is 11.0. The monoisotopic (exact) mass is 461 g/mol. The summed E-state index contributed by atoms with van der Waals surface area (Å²) in [5.41, 5.74) is 4.62. The summed E-state index contributed by atoms with van der Waals surface area (Å²) in [6.45, 7) is 4.82. The number of anilines is 1. The molecule has 0 bridgehead atoms. The summed E-state index contributed by atoms with van der Waals surface area (Å²) in [5.74, 6) is 0.196. The Labute approximate surface area is 199 Å². The molecule has 3 N–H and O–H groups in total. The van der Waals surface area contributed by atoms with Gasteiger partial charge in [0.05, 0.1) is 6.26 Å². The van der Waals surface area contributed by atoms with Gasteiger partial charge in [-0.1, -0.05) is 48.0 Å². The third-order valence-electron chi connectivity index (χ3n) is 6.34. The van der Waals surface area contributed by atoms with E-state index < -0.39 is 6.09 Å². The lowest BCUT2D eigenvalue weighted by Gasteiger charge is -2.32. The molecule has 0 saturated carbocycles. The van der Waals surface area contributed by atoms with Crippen LogP contribution in [-0.4, -0.2) is 47.7 Å². The molecule has 34 heavy (non-hydrogen) atoms. The van der Waals surface area contributed by atoms with E-state index in [0.29, 0.717) is 11.4 Å². The van der Waals surface area contributed by atoms with Crippen molar-refractivity contribution in [2.45, 2.75) is 38.6 Å². The molecule has 2 aromatic carbocycles. The Morgan fingerprint density at radius 3 is 2.53 bits per heavy atom. The van der Waals surface area contributed by atoms with E-state index in [1.165, 1.54) is 5.56 Å². The highest BCUT2D eigenvalue weighted by Crippen LogP contribution is 2.26. The van der Waals surface area contributed by atoms with Crippen molar-refractivity contribution in [2.75, 3.05) is 25.0 Å². The number of carbonyl (C=O) groups excluding carboxylic acids is 1. The van der Waals surface area contributed by atoms with E-state index in [4.69, 9.17) is 9.52 Å². The number of rotatable bonds is 8. The molecule has 178 valence electrons. The van der Waals surface area contributed by atoms with Gasteiger partial charge in [-0.2, -0.15) is 0 Å². The van der Waals surface area contributed by atoms with Gasteiger partial charge in [-0.25, -0.2) is 4.79 Å². The molecule has 2 heterocycles. The molecule has 1 fully saturated rings. The van der Waals surface area contributed by atoms with E-state index >= 15 is 0 Å². The number of piperidine rings is 1. The molecule has 3 aromatic rings. The van der Waals surface area contributed by atoms with Crippen LogP contribution in [-0.2, 0) is 6.42 Å². The van der Waals surface area contributed by atoms with E-state index in [1.54, 1.807) is 12.3 Å². The van der Waals surface area contributed by atoms with Gasteiger partial charge < -0.3 is 19.7 Å². The smallest absolute Gasteiger partial charge is 0.409 e. The Balaban J connectivity index is 1.24. The van der Waals surface area contributed by atoms with Crippen LogP contribution < -0.4 is 10.6 Å². The van der Waals surface area contributed by atoms with Crippen LogP contribution in [0.3, 0.4) is 0 Å². The van der Waals surface area contributed by atoms with Gasteiger partial charge >= 0.3 is 6.09 Å². The Kier molecular flexibility index (Phi) is 7.65. The van der Waals surface area contributed by atoms with Crippen LogP contribution in [0.1, 0.15) is 40.9 Å². The number of benzene rings is 2. The molecule has 4 rings (SSSR count). The maximum Gasteiger partial charge on any atom is 0.409 e. The van der Waals surface area contributed by atoms with Crippen molar-refractivity contribution in [3.8, 4) is 11.1 Å². The van der Waals surface area contributed by atoms with Crippen LogP contribution >= 0.6 is 0 Å². The summed E-state index contributed by atoms with van der Waals surface area (Å²) in [5, 5.41) is 14.6. The van der Waals surface area contributed by atoms with Crippen molar-refractivity contribution in [1.29, 1.82) is 0 Å². The van der Waals surface area contributed by atoms with Gasteiger partial charge in [0.15, 0.2) is 5.76 Å². The number of carboxylic acid groups (broad SMARTS) is 1. The van der Waals surface area contributed by atoms with Gasteiger partial charge in [0.25, 0.3) is 5.91 Å². The molecular weight excluding hydrogens is 430 g/mol. The first kappa shape index (κ1) is 23.6. The van der Waals surface area contributed by atoms with Crippen molar-refractivity contribution in [3.05, 3.63) is 77.7 Å². The molecular formula is C27H31N3O4. The highest BCUT2D eigenvalue weighted by molar-refractivity contribution is 5.98. The Morgan fingerprint density at radius 2 is 1.79 bits per heavy atom. The number of likely N-dealkylation sites (tertiary alicyclic amines) is 1. The fourth-order valence-corrected chi connectivity index (χ4v) is 4.47. The number of aryl methyl sites for hydroxylation is 2. The molecule has 2 amide bonds. The predicted octanol–water partition coefficient (Wildman–Crippen LogP) is 5.17. The van der Waals surface area contributed by atoms with E-state index in [9.17, 15) is 9.59 Å². The zero-order chi connectivity index (χ0) is 23.9. The summed E-state index contributed by atoms with van der Waals surface area (Å²) in [7, 11) is 0. The van der Waals surface area contributed by atoms with Crippen molar-refractivity contribution in [2.24, 2.45) is 0 Å². The van der Waals surface area contributed by atoms with Gasteiger partial charge in [0.1, 0.15) is 0 Å². The van der Waals surface area contributed by atoms with E-state index in [2.05, 4.69) is 15.5 Å². The zero-order valence-electron chi connectivity index (χ0n) is 19.4.